The summed E-state index contributed by atoms with van der Waals surface area (Å²) in [5.74, 6) is -1.81. The lowest BCUT2D eigenvalue weighted by Crippen LogP contribution is -2.18. The molecule has 0 saturated heterocycles. The average Bonchev–Trinajstić information content (AvgIpc) is 2.43. The summed E-state index contributed by atoms with van der Waals surface area (Å²) in [4.78, 5) is 0. The molecule has 0 fully saturated rings. The van der Waals surface area contributed by atoms with Crippen molar-refractivity contribution in [1.82, 2.24) is 5.32 Å². The lowest BCUT2D eigenvalue weighted by Gasteiger charge is -2.19. The first-order valence-corrected chi connectivity index (χ1v) is 7.26. The molecule has 106 valence electrons. The average molecular weight is 381 g/mol. The number of halogens is 5. The molecule has 0 bridgehead atoms. The molecule has 6 heteroatoms. The summed E-state index contributed by atoms with van der Waals surface area (Å²) in [5.41, 5.74) is 1.37. The summed E-state index contributed by atoms with van der Waals surface area (Å²) in [6.07, 6.45) is 0. The lowest BCUT2D eigenvalue weighted by molar-refractivity contribution is 0.499. The van der Waals surface area contributed by atoms with Crippen molar-refractivity contribution in [1.29, 1.82) is 0 Å². The molecule has 0 aliphatic heterocycles. The first-order valence-electron chi connectivity index (χ1n) is 5.71. The highest BCUT2D eigenvalue weighted by Crippen LogP contribution is 2.33. The second-order valence-corrected chi connectivity index (χ2v) is 5.77. The maximum Gasteiger partial charge on any atom is 0.173 e. The molecular formula is C14H10BrCl2F2N. The van der Waals surface area contributed by atoms with E-state index in [-0.39, 0.29) is 10.5 Å². The van der Waals surface area contributed by atoms with Gasteiger partial charge in [0.25, 0.3) is 0 Å². The van der Waals surface area contributed by atoms with E-state index in [1.165, 1.54) is 6.07 Å². The Morgan fingerprint density at radius 3 is 2.40 bits per heavy atom. The number of hydrogen-bond acceptors (Lipinski definition) is 1. The molecule has 0 amide bonds. The van der Waals surface area contributed by atoms with Gasteiger partial charge in [0.1, 0.15) is 0 Å². The summed E-state index contributed by atoms with van der Waals surface area (Å²) in [5, 5.41) is 3.89. The van der Waals surface area contributed by atoms with E-state index < -0.39 is 11.6 Å². The molecule has 20 heavy (non-hydrogen) atoms. The highest BCUT2D eigenvalue weighted by atomic mass is 79.9. The van der Waals surface area contributed by atoms with Crippen LogP contribution in [0.1, 0.15) is 17.2 Å². The molecule has 1 unspecified atom stereocenters. The van der Waals surface area contributed by atoms with E-state index in [4.69, 9.17) is 23.2 Å². The van der Waals surface area contributed by atoms with Gasteiger partial charge in [0.05, 0.1) is 20.6 Å². The first kappa shape index (κ1) is 15.7. The van der Waals surface area contributed by atoms with Crippen LogP contribution in [0.3, 0.4) is 0 Å². The monoisotopic (exact) mass is 379 g/mol. The van der Waals surface area contributed by atoms with Gasteiger partial charge in [-0.15, -0.1) is 0 Å². The van der Waals surface area contributed by atoms with Crippen molar-refractivity contribution < 1.29 is 8.78 Å². The van der Waals surface area contributed by atoms with Crippen molar-refractivity contribution in [3.05, 3.63) is 67.6 Å². The number of nitrogens with one attached hydrogen (secondary N) is 1. The maximum atomic E-state index is 13.7. The van der Waals surface area contributed by atoms with Gasteiger partial charge in [-0.25, -0.2) is 8.78 Å². The van der Waals surface area contributed by atoms with Crippen molar-refractivity contribution in [2.45, 2.75) is 6.04 Å². The molecule has 0 saturated carbocycles. The van der Waals surface area contributed by atoms with Crippen LogP contribution in [0, 0.1) is 11.6 Å². The van der Waals surface area contributed by atoms with Crippen LogP contribution in [-0.4, -0.2) is 7.05 Å². The predicted octanol–water partition coefficient (Wildman–Crippen LogP) is 5.34. The van der Waals surface area contributed by atoms with E-state index in [2.05, 4.69) is 21.2 Å². The molecule has 0 aliphatic carbocycles. The summed E-state index contributed by atoms with van der Waals surface area (Å²) < 4.78 is 26.9. The van der Waals surface area contributed by atoms with Gasteiger partial charge >= 0.3 is 0 Å². The van der Waals surface area contributed by atoms with Crippen LogP contribution in [0.2, 0.25) is 10.0 Å². The molecule has 0 radical (unpaired) electrons. The largest absolute Gasteiger partial charge is 0.309 e. The van der Waals surface area contributed by atoms with Crippen LogP contribution >= 0.6 is 39.1 Å². The molecule has 1 nitrogen and oxygen atoms in total. The highest BCUT2D eigenvalue weighted by molar-refractivity contribution is 9.10. The number of hydrogen-bond donors (Lipinski definition) is 1. The van der Waals surface area contributed by atoms with E-state index in [0.717, 1.165) is 11.6 Å². The number of rotatable bonds is 3. The minimum atomic E-state index is -0.914. The van der Waals surface area contributed by atoms with Crippen molar-refractivity contribution in [2.75, 3.05) is 7.05 Å². The minimum Gasteiger partial charge on any atom is -0.309 e. The minimum absolute atomic E-state index is 0.0860. The quantitative estimate of drug-likeness (QED) is 0.708. The third kappa shape index (κ3) is 2.98. The fraction of sp³-hybridized carbons (Fsp3) is 0.143. The van der Waals surface area contributed by atoms with E-state index >= 15 is 0 Å². The van der Waals surface area contributed by atoms with Crippen LogP contribution in [0.4, 0.5) is 8.78 Å². The van der Waals surface area contributed by atoms with Crippen molar-refractivity contribution in [3.63, 3.8) is 0 Å². The van der Waals surface area contributed by atoms with Crippen LogP contribution < -0.4 is 5.32 Å². The molecule has 0 aromatic heterocycles. The maximum absolute atomic E-state index is 13.7. The molecule has 2 aromatic carbocycles. The van der Waals surface area contributed by atoms with Crippen LogP contribution in [0.15, 0.2) is 34.8 Å². The van der Waals surface area contributed by atoms with Gasteiger partial charge in [0.2, 0.25) is 0 Å². The SMILES string of the molecule is CNC(c1ccc(Cl)c(Cl)c1)c1ccc(F)c(F)c1Br. The third-order valence-corrected chi connectivity index (χ3v) is 4.49. The van der Waals surface area contributed by atoms with Gasteiger partial charge in [-0.3, -0.25) is 0 Å². The summed E-state index contributed by atoms with van der Waals surface area (Å²) in [7, 11) is 1.72. The number of benzene rings is 2. The molecule has 0 spiro atoms. The Morgan fingerprint density at radius 1 is 1.10 bits per heavy atom. The normalized spacial score (nSPS) is 12.5. The third-order valence-electron chi connectivity index (χ3n) is 2.94. The zero-order valence-corrected chi connectivity index (χ0v) is 13.5. The second-order valence-electron chi connectivity index (χ2n) is 4.16. The zero-order valence-electron chi connectivity index (χ0n) is 10.4. The van der Waals surface area contributed by atoms with Crippen LogP contribution in [0.25, 0.3) is 0 Å². The molecular weight excluding hydrogens is 371 g/mol. The first-order chi connectivity index (χ1) is 9.45. The Morgan fingerprint density at radius 2 is 1.80 bits per heavy atom. The fourth-order valence-corrected chi connectivity index (χ4v) is 2.81. The Hall–Kier alpha value is -0.680. The Balaban J connectivity index is 2.52. The Kier molecular flexibility index (Phi) is 5.02. The van der Waals surface area contributed by atoms with Crippen molar-refractivity contribution >= 4 is 39.1 Å². The van der Waals surface area contributed by atoms with Gasteiger partial charge in [-0.2, -0.15) is 0 Å². The second kappa shape index (κ2) is 6.39. The molecule has 1 atom stereocenters. The van der Waals surface area contributed by atoms with Gasteiger partial charge in [-0.1, -0.05) is 35.3 Å². The topological polar surface area (TPSA) is 12.0 Å². The van der Waals surface area contributed by atoms with E-state index in [9.17, 15) is 8.78 Å². The Bertz CT molecular complexity index is 649. The Labute approximate surface area is 134 Å². The lowest BCUT2D eigenvalue weighted by atomic mass is 9.98. The smallest absolute Gasteiger partial charge is 0.173 e. The molecule has 0 aliphatic rings. The van der Waals surface area contributed by atoms with Gasteiger partial charge in [0.15, 0.2) is 11.6 Å². The summed E-state index contributed by atoms with van der Waals surface area (Å²) in [6, 6.07) is 7.41. The van der Waals surface area contributed by atoms with Gasteiger partial charge in [-0.05, 0) is 52.3 Å². The molecule has 2 aromatic rings. The van der Waals surface area contributed by atoms with E-state index in [1.54, 1.807) is 25.2 Å². The predicted molar refractivity (Wildman–Crippen MR) is 81.4 cm³/mol. The van der Waals surface area contributed by atoms with Crippen molar-refractivity contribution in [2.24, 2.45) is 0 Å². The van der Waals surface area contributed by atoms with Crippen molar-refractivity contribution in [3.8, 4) is 0 Å². The van der Waals surface area contributed by atoms with Crippen LogP contribution in [0.5, 0.6) is 0 Å². The molecule has 0 heterocycles. The zero-order chi connectivity index (χ0) is 14.9. The van der Waals surface area contributed by atoms with Gasteiger partial charge in [0, 0.05) is 0 Å². The van der Waals surface area contributed by atoms with E-state index in [0.29, 0.717) is 15.6 Å². The summed E-state index contributed by atoms with van der Waals surface area (Å²) in [6.45, 7) is 0. The standard InChI is InChI=1S/C14H10BrCl2F2N/c1-20-14(7-2-4-9(16)10(17)6-7)8-3-5-11(18)13(19)12(8)15/h2-6,14,20H,1H3. The molecule has 1 N–H and O–H groups in total. The van der Waals surface area contributed by atoms with Gasteiger partial charge < -0.3 is 5.32 Å². The highest BCUT2D eigenvalue weighted by Gasteiger charge is 2.20. The molecule has 2 rings (SSSR count). The fourth-order valence-electron chi connectivity index (χ4n) is 1.96. The van der Waals surface area contributed by atoms with Crippen LogP contribution in [-0.2, 0) is 0 Å². The van der Waals surface area contributed by atoms with E-state index in [1.807, 2.05) is 0 Å². The summed E-state index contributed by atoms with van der Waals surface area (Å²) >= 11 is 15.0.